The monoisotopic (exact) mass is 412 g/mol. The summed E-state index contributed by atoms with van der Waals surface area (Å²) in [6.45, 7) is 5.91. The molecule has 0 saturated carbocycles. The second kappa shape index (κ2) is 10.7. The average Bonchev–Trinajstić information content (AvgIpc) is 2.78. The third kappa shape index (κ3) is 5.67. The molecule has 30 heavy (non-hydrogen) atoms. The van der Waals surface area contributed by atoms with Gasteiger partial charge in [0.1, 0.15) is 5.82 Å². The van der Waals surface area contributed by atoms with E-state index in [1.54, 1.807) is 12.1 Å². The van der Waals surface area contributed by atoms with Gasteiger partial charge in [-0.1, -0.05) is 55.8 Å². The minimum atomic E-state index is -0.346. The van der Waals surface area contributed by atoms with Crippen molar-refractivity contribution in [2.45, 2.75) is 57.0 Å². The quantitative estimate of drug-likeness (QED) is 0.637. The van der Waals surface area contributed by atoms with Crippen LogP contribution in [-0.4, -0.2) is 31.7 Å². The zero-order valence-electron chi connectivity index (χ0n) is 18.0. The molecule has 162 valence electrons. The first kappa shape index (κ1) is 22.4. The number of hydrogen-bond donors (Lipinski definition) is 2. The lowest BCUT2D eigenvalue weighted by atomic mass is 9.74. The van der Waals surface area contributed by atoms with Gasteiger partial charge in [0.25, 0.3) is 0 Å². The highest BCUT2D eigenvalue weighted by atomic mass is 19.1. The van der Waals surface area contributed by atoms with E-state index in [2.05, 4.69) is 29.7 Å². The predicted octanol–water partition coefficient (Wildman–Crippen LogP) is 4.51. The maximum atomic E-state index is 13.9. The molecule has 2 N–H and O–H groups in total. The zero-order chi connectivity index (χ0) is 21.4. The molecule has 2 aromatic carbocycles. The van der Waals surface area contributed by atoms with E-state index in [0.717, 1.165) is 36.8 Å². The van der Waals surface area contributed by atoms with Crippen molar-refractivity contribution in [2.24, 2.45) is 0 Å². The standard InChI is InChI=1S/C25H33FN2O2/c1-3-8-23(20-9-5-4-6-10-20)28-24(29)19(2)27-18-25(13-15-30-16-14-25)21-11-7-12-22(26)17-21/h4-7,9-12,17,19,23,27H,3,8,13-16,18H2,1-2H3,(H,28,29). The molecule has 0 bridgehead atoms. The number of halogens is 1. The van der Waals surface area contributed by atoms with Gasteiger partial charge in [-0.3, -0.25) is 4.79 Å². The third-order valence-corrected chi connectivity index (χ3v) is 6.12. The van der Waals surface area contributed by atoms with Gasteiger partial charge in [-0.25, -0.2) is 4.39 Å². The summed E-state index contributed by atoms with van der Waals surface area (Å²) < 4.78 is 19.4. The summed E-state index contributed by atoms with van der Waals surface area (Å²) in [6, 6.07) is 16.6. The Hall–Kier alpha value is -2.24. The normalized spacial score (nSPS) is 17.8. The number of rotatable bonds is 9. The van der Waals surface area contributed by atoms with Crippen molar-refractivity contribution >= 4 is 5.91 Å². The van der Waals surface area contributed by atoms with E-state index >= 15 is 0 Å². The summed E-state index contributed by atoms with van der Waals surface area (Å²) in [7, 11) is 0. The summed E-state index contributed by atoms with van der Waals surface area (Å²) in [5.74, 6) is -0.242. The number of benzene rings is 2. The van der Waals surface area contributed by atoms with Crippen LogP contribution in [-0.2, 0) is 14.9 Å². The number of carbonyl (C=O) groups is 1. The first-order valence-corrected chi connectivity index (χ1v) is 11.0. The molecule has 0 aliphatic carbocycles. The molecule has 3 rings (SSSR count). The van der Waals surface area contributed by atoms with Gasteiger partial charge < -0.3 is 15.4 Å². The molecule has 1 amide bonds. The smallest absolute Gasteiger partial charge is 0.237 e. The van der Waals surface area contributed by atoms with Crippen molar-refractivity contribution in [1.82, 2.24) is 10.6 Å². The van der Waals surface area contributed by atoms with Gasteiger partial charge in [0.15, 0.2) is 0 Å². The van der Waals surface area contributed by atoms with Crippen molar-refractivity contribution in [3.63, 3.8) is 0 Å². The van der Waals surface area contributed by atoms with E-state index in [1.165, 1.54) is 6.07 Å². The van der Waals surface area contributed by atoms with Crippen LogP contribution in [0.5, 0.6) is 0 Å². The lowest BCUT2D eigenvalue weighted by Crippen LogP contribution is -2.50. The van der Waals surface area contributed by atoms with Crippen LogP contribution >= 0.6 is 0 Å². The van der Waals surface area contributed by atoms with Gasteiger partial charge in [0, 0.05) is 25.2 Å². The van der Waals surface area contributed by atoms with Crippen molar-refractivity contribution in [2.75, 3.05) is 19.8 Å². The van der Waals surface area contributed by atoms with E-state index < -0.39 is 0 Å². The molecule has 1 aliphatic heterocycles. The Morgan fingerprint density at radius 3 is 2.53 bits per heavy atom. The van der Waals surface area contributed by atoms with Gasteiger partial charge in [0.05, 0.1) is 12.1 Å². The van der Waals surface area contributed by atoms with Gasteiger partial charge in [-0.2, -0.15) is 0 Å². The minimum absolute atomic E-state index is 0.00760. The Kier molecular flexibility index (Phi) is 8.00. The van der Waals surface area contributed by atoms with Crippen LogP contribution in [0.1, 0.15) is 56.7 Å². The van der Waals surface area contributed by atoms with Crippen molar-refractivity contribution in [1.29, 1.82) is 0 Å². The van der Waals surface area contributed by atoms with Gasteiger partial charge in [-0.05, 0) is 49.4 Å². The van der Waals surface area contributed by atoms with Crippen LogP contribution < -0.4 is 10.6 Å². The predicted molar refractivity (Wildman–Crippen MR) is 118 cm³/mol. The number of hydrogen-bond acceptors (Lipinski definition) is 3. The fourth-order valence-electron chi connectivity index (χ4n) is 4.18. The molecular formula is C25H33FN2O2. The maximum absolute atomic E-state index is 13.9. The molecule has 4 nitrogen and oxygen atoms in total. The molecule has 1 aliphatic rings. The first-order valence-electron chi connectivity index (χ1n) is 11.0. The molecule has 2 unspecified atom stereocenters. The Balaban J connectivity index is 1.66. The molecule has 1 saturated heterocycles. The van der Waals surface area contributed by atoms with Gasteiger partial charge in [-0.15, -0.1) is 0 Å². The molecular weight excluding hydrogens is 379 g/mol. The molecule has 0 radical (unpaired) electrons. The number of nitrogens with one attached hydrogen (secondary N) is 2. The van der Waals surface area contributed by atoms with Gasteiger partial charge in [0.2, 0.25) is 5.91 Å². The van der Waals surface area contributed by atoms with Crippen LogP contribution in [0.15, 0.2) is 54.6 Å². The highest BCUT2D eigenvalue weighted by Gasteiger charge is 2.35. The zero-order valence-corrected chi connectivity index (χ0v) is 18.0. The summed E-state index contributed by atoms with van der Waals surface area (Å²) in [5.41, 5.74) is 1.87. The molecule has 2 aromatic rings. The van der Waals surface area contributed by atoms with Crippen molar-refractivity contribution < 1.29 is 13.9 Å². The Bertz CT molecular complexity index is 806. The van der Waals surface area contributed by atoms with Crippen LogP contribution in [0.25, 0.3) is 0 Å². The number of amides is 1. The Morgan fingerprint density at radius 2 is 1.87 bits per heavy atom. The van der Waals surface area contributed by atoms with E-state index in [1.807, 2.05) is 31.2 Å². The van der Waals surface area contributed by atoms with E-state index in [0.29, 0.717) is 19.8 Å². The molecule has 0 aromatic heterocycles. The van der Waals surface area contributed by atoms with Crippen LogP contribution in [0.2, 0.25) is 0 Å². The number of carbonyl (C=O) groups excluding carboxylic acids is 1. The highest BCUT2D eigenvalue weighted by molar-refractivity contribution is 5.81. The SMILES string of the molecule is CCCC(NC(=O)C(C)NCC1(c2cccc(F)c2)CCOCC1)c1ccccc1. The fraction of sp³-hybridized carbons (Fsp3) is 0.480. The van der Waals surface area contributed by atoms with Crippen LogP contribution in [0.4, 0.5) is 4.39 Å². The molecule has 2 atom stereocenters. The van der Waals surface area contributed by atoms with Crippen molar-refractivity contribution in [3.8, 4) is 0 Å². The summed E-state index contributed by atoms with van der Waals surface area (Å²) in [6.07, 6.45) is 3.50. The topological polar surface area (TPSA) is 50.4 Å². The lowest BCUT2D eigenvalue weighted by Gasteiger charge is -2.39. The summed E-state index contributed by atoms with van der Waals surface area (Å²) >= 11 is 0. The maximum Gasteiger partial charge on any atom is 0.237 e. The van der Waals surface area contributed by atoms with Crippen LogP contribution in [0, 0.1) is 5.82 Å². The van der Waals surface area contributed by atoms with E-state index in [-0.39, 0.29) is 29.2 Å². The highest BCUT2D eigenvalue weighted by Crippen LogP contribution is 2.34. The third-order valence-electron chi connectivity index (χ3n) is 6.12. The van der Waals surface area contributed by atoms with E-state index in [9.17, 15) is 9.18 Å². The molecule has 1 heterocycles. The van der Waals surface area contributed by atoms with Gasteiger partial charge >= 0.3 is 0 Å². The Morgan fingerprint density at radius 1 is 1.13 bits per heavy atom. The lowest BCUT2D eigenvalue weighted by molar-refractivity contribution is -0.123. The summed E-state index contributed by atoms with van der Waals surface area (Å²) in [4.78, 5) is 12.9. The Labute approximate surface area is 179 Å². The van der Waals surface area contributed by atoms with E-state index in [4.69, 9.17) is 4.74 Å². The molecule has 1 fully saturated rings. The summed E-state index contributed by atoms with van der Waals surface area (Å²) in [5, 5.41) is 6.62. The van der Waals surface area contributed by atoms with Crippen LogP contribution in [0.3, 0.4) is 0 Å². The first-order chi connectivity index (χ1) is 14.5. The minimum Gasteiger partial charge on any atom is -0.381 e. The fourth-order valence-corrected chi connectivity index (χ4v) is 4.18. The molecule has 0 spiro atoms. The largest absolute Gasteiger partial charge is 0.381 e. The van der Waals surface area contributed by atoms with Crippen molar-refractivity contribution in [3.05, 3.63) is 71.5 Å². The molecule has 5 heteroatoms. The second-order valence-corrected chi connectivity index (χ2v) is 8.27. The number of ether oxygens (including phenoxy) is 1. The average molecular weight is 413 g/mol. The second-order valence-electron chi connectivity index (χ2n) is 8.27.